The Morgan fingerprint density at radius 2 is 1.74 bits per heavy atom. The number of hydrogen-bond donors (Lipinski definition) is 1. The van der Waals surface area contributed by atoms with Gasteiger partial charge in [0.25, 0.3) is 5.56 Å². The van der Waals surface area contributed by atoms with Gasteiger partial charge in [0.15, 0.2) is 5.16 Å². The topological polar surface area (TPSA) is 64.0 Å². The molecule has 1 heterocycles. The highest BCUT2D eigenvalue weighted by molar-refractivity contribution is 7.99. The molecule has 31 heavy (non-hydrogen) atoms. The lowest BCUT2D eigenvalue weighted by Gasteiger charge is -2.14. The Kier molecular flexibility index (Phi) is 6.34. The number of benzene rings is 3. The highest BCUT2D eigenvalue weighted by Crippen LogP contribution is 2.25. The number of carbonyl (C=O) groups is 1. The molecule has 1 N–H and O–H groups in total. The molecular formula is C23H17ClFN3O2S. The van der Waals surface area contributed by atoms with Crippen LogP contribution in [0, 0.1) is 5.82 Å². The van der Waals surface area contributed by atoms with Crippen molar-refractivity contribution >= 4 is 40.2 Å². The second kappa shape index (κ2) is 9.32. The summed E-state index contributed by atoms with van der Waals surface area (Å²) in [5.41, 5.74) is 1.58. The van der Waals surface area contributed by atoms with E-state index in [2.05, 4.69) is 10.3 Å². The monoisotopic (exact) mass is 453 g/mol. The fourth-order valence-corrected chi connectivity index (χ4v) is 4.09. The summed E-state index contributed by atoms with van der Waals surface area (Å²) in [6, 6.07) is 20.0. The van der Waals surface area contributed by atoms with E-state index in [9.17, 15) is 14.0 Å². The first-order valence-corrected chi connectivity index (χ1v) is 10.8. The number of nitrogens with zero attached hydrogens (tertiary/aromatic N) is 2. The maximum absolute atomic E-state index is 13.2. The van der Waals surface area contributed by atoms with Gasteiger partial charge in [-0.05, 0) is 42.0 Å². The van der Waals surface area contributed by atoms with Gasteiger partial charge in [0.05, 0.1) is 27.4 Å². The third kappa shape index (κ3) is 4.78. The van der Waals surface area contributed by atoms with Crippen molar-refractivity contribution < 1.29 is 9.18 Å². The molecule has 0 aliphatic carbocycles. The summed E-state index contributed by atoms with van der Waals surface area (Å²) in [6.45, 7) is 0.280. The lowest BCUT2D eigenvalue weighted by Crippen LogP contribution is -2.26. The zero-order valence-corrected chi connectivity index (χ0v) is 17.8. The van der Waals surface area contributed by atoms with Gasteiger partial charge in [-0.2, -0.15) is 0 Å². The van der Waals surface area contributed by atoms with Crippen molar-refractivity contribution in [2.45, 2.75) is 11.7 Å². The highest BCUT2D eigenvalue weighted by Gasteiger charge is 2.16. The van der Waals surface area contributed by atoms with Crippen molar-refractivity contribution in [3.63, 3.8) is 0 Å². The van der Waals surface area contributed by atoms with Gasteiger partial charge in [-0.3, -0.25) is 14.2 Å². The van der Waals surface area contributed by atoms with E-state index in [0.717, 1.165) is 17.3 Å². The van der Waals surface area contributed by atoms with Crippen molar-refractivity contribution in [1.29, 1.82) is 0 Å². The zero-order valence-electron chi connectivity index (χ0n) is 16.2. The van der Waals surface area contributed by atoms with Gasteiger partial charge in [0.1, 0.15) is 5.82 Å². The van der Waals surface area contributed by atoms with E-state index < -0.39 is 0 Å². The van der Waals surface area contributed by atoms with Crippen LogP contribution in [0.4, 0.5) is 4.39 Å². The van der Waals surface area contributed by atoms with Gasteiger partial charge in [-0.1, -0.05) is 59.8 Å². The van der Waals surface area contributed by atoms with Gasteiger partial charge in [-0.25, -0.2) is 9.37 Å². The SMILES string of the molecule is O=C(CSc1nc2ccccc2c(=O)n1-c1ccccc1Cl)NCc1ccc(F)cc1. The van der Waals surface area contributed by atoms with Crippen LogP contribution in [0.5, 0.6) is 0 Å². The number of fused-ring (bicyclic) bond motifs is 1. The fourth-order valence-electron chi connectivity index (χ4n) is 3.04. The van der Waals surface area contributed by atoms with E-state index in [1.807, 2.05) is 0 Å². The minimum Gasteiger partial charge on any atom is -0.351 e. The first-order chi connectivity index (χ1) is 15.0. The summed E-state index contributed by atoms with van der Waals surface area (Å²) in [6.07, 6.45) is 0. The number of halogens is 2. The van der Waals surface area contributed by atoms with Crippen LogP contribution in [0.15, 0.2) is 82.7 Å². The van der Waals surface area contributed by atoms with Gasteiger partial charge in [0.2, 0.25) is 5.91 Å². The molecule has 8 heteroatoms. The van der Waals surface area contributed by atoms with E-state index in [1.165, 1.54) is 16.7 Å². The zero-order chi connectivity index (χ0) is 21.8. The number of thioether (sulfide) groups is 1. The van der Waals surface area contributed by atoms with Crippen molar-refractivity contribution in [2.75, 3.05) is 5.75 Å². The van der Waals surface area contributed by atoms with Crippen LogP contribution in [-0.4, -0.2) is 21.2 Å². The number of hydrogen-bond acceptors (Lipinski definition) is 4. The number of aromatic nitrogens is 2. The Labute approximate surface area is 186 Å². The molecule has 0 aliphatic heterocycles. The fraction of sp³-hybridized carbons (Fsp3) is 0.0870. The number of carbonyl (C=O) groups excluding carboxylic acids is 1. The highest BCUT2D eigenvalue weighted by atomic mass is 35.5. The van der Waals surface area contributed by atoms with Crippen LogP contribution < -0.4 is 10.9 Å². The van der Waals surface area contributed by atoms with E-state index in [4.69, 9.17) is 11.6 Å². The summed E-state index contributed by atoms with van der Waals surface area (Å²) in [7, 11) is 0. The Morgan fingerprint density at radius 3 is 2.52 bits per heavy atom. The molecule has 0 unspecified atom stereocenters. The summed E-state index contributed by atoms with van der Waals surface area (Å²) < 4.78 is 14.4. The smallest absolute Gasteiger partial charge is 0.266 e. The van der Waals surface area contributed by atoms with Crippen molar-refractivity contribution in [2.24, 2.45) is 0 Å². The number of rotatable bonds is 6. The summed E-state index contributed by atoms with van der Waals surface area (Å²) in [5.74, 6) is -0.510. The molecule has 3 aromatic carbocycles. The van der Waals surface area contributed by atoms with Crippen LogP contribution in [0.2, 0.25) is 5.02 Å². The van der Waals surface area contributed by atoms with Gasteiger partial charge >= 0.3 is 0 Å². The second-order valence-electron chi connectivity index (χ2n) is 6.70. The molecule has 0 aliphatic rings. The maximum Gasteiger partial charge on any atom is 0.266 e. The summed E-state index contributed by atoms with van der Waals surface area (Å²) in [5, 5.41) is 4.03. The third-order valence-corrected chi connectivity index (χ3v) is 5.83. The molecule has 5 nitrogen and oxygen atoms in total. The third-order valence-electron chi connectivity index (χ3n) is 4.57. The van der Waals surface area contributed by atoms with Crippen molar-refractivity contribution in [1.82, 2.24) is 14.9 Å². The predicted molar refractivity (Wildman–Crippen MR) is 121 cm³/mol. The first kappa shape index (κ1) is 21.1. The lowest BCUT2D eigenvalue weighted by molar-refractivity contribution is -0.118. The minimum atomic E-state index is -0.328. The largest absolute Gasteiger partial charge is 0.351 e. The molecule has 1 aromatic heterocycles. The molecule has 0 radical (unpaired) electrons. The van der Waals surface area contributed by atoms with Crippen LogP contribution in [0.25, 0.3) is 16.6 Å². The molecule has 0 atom stereocenters. The van der Waals surface area contributed by atoms with E-state index >= 15 is 0 Å². The van der Waals surface area contributed by atoms with Crippen molar-refractivity contribution in [3.8, 4) is 5.69 Å². The molecule has 0 bridgehead atoms. The quantitative estimate of drug-likeness (QED) is 0.342. The van der Waals surface area contributed by atoms with Gasteiger partial charge in [-0.15, -0.1) is 0 Å². The Balaban J connectivity index is 1.60. The number of amides is 1. The molecular weight excluding hydrogens is 437 g/mol. The summed E-state index contributed by atoms with van der Waals surface area (Å²) in [4.78, 5) is 30.2. The van der Waals surface area contributed by atoms with Crippen LogP contribution in [0.1, 0.15) is 5.56 Å². The van der Waals surface area contributed by atoms with E-state index in [-0.39, 0.29) is 29.6 Å². The van der Waals surface area contributed by atoms with Crippen LogP contribution in [-0.2, 0) is 11.3 Å². The number of nitrogens with one attached hydrogen (secondary N) is 1. The second-order valence-corrected chi connectivity index (χ2v) is 8.05. The molecule has 1 amide bonds. The van der Waals surface area contributed by atoms with Gasteiger partial charge < -0.3 is 5.32 Å². The molecule has 0 saturated carbocycles. The van der Waals surface area contributed by atoms with Gasteiger partial charge in [0, 0.05) is 6.54 Å². The van der Waals surface area contributed by atoms with Crippen LogP contribution in [0.3, 0.4) is 0 Å². The number of para-hydroxylation sites is 2. The first-order valence-electron chi connectivity index (χ1n) is 9.43. The maximum atomic E-state index is 13.2. The molecule has 4 rings (SSSR count). The Bertz CT molecular complexity index is 1310. The van der Waals surface area contributed by atoms with E-state index in [1.54, 1.807) is 60.7 Å². The minimum absolute atomic E-state index is 0.0520. The predicted octanol–water partition coefficient (Wildman–Crippen LogP) is 4.59. The summed E-state index contributed by atoms with van der Waals surface area (Å²) >= 11 is 7.49. The standard InChI is InChI=1S/C23H17ClFN3O2S/c24-18-6-2-4-8-20(18)28-22(30)17-5-1-3-7-19(17)27-23(28)31-14-21(29)26-13-15-9-11-16(25)12-10-15/h1-12H,13-14H2,(H,26,29). The van der Waals surface area contributed by atoms with Crippen LogP contribution >= 0.6 is 23.4 Å². The Morgan fingerprint density at radius 1 is 1.03 bits per heavy atom. The molecule has 0 spiro atoms. The van der Waals surface area contributed by atoms with E-state index in [0.29, 0.717) is 26.8 Å². The molecule has 0 saturated heterocycles. The lowest BCUT2D eigenvalue weighted by atomic mass is 10.2. The average Bonchev–Trinajstić information content (AvgIpc) is 2.78. The molecule has 156 valence electrons. The average molecular weight is 454 g/mol. The molecule has 0 fully saturated rings. The molecule has 4 aromatic rings. The van der Waals surface area contributed by atoms with Crippen molar-refractivity contribution in [3.05, 3.63) is 99.6 Å². The Hall–Kier alpha value is -3.16. The normalized spacial score (nSPS) is 10.9.